The van der Waals surface area contributed by atoms with Gasteiger partial charge in [-0.1, -0.05) is 57.5 Å². The van der Waals surface area contributed by atoms with E-state index in [0.717, 1.165) is 24.3 Å². The molecular weight excluding hydrogens is 292 g/mol. The fourth-order valence-corrected chi connectivity index (χ4v) is 3.16. The number of hydrogen-bond donors (Lipinski definition) is 1. The van der Waals surface area contributed by atoms with E-state index in [1.54, 1.807) is 11.3 Å². The first-order chi connectivity index (χ1) is 10.7. The summed E-state index contributed by atoms with van der Waals surface area (Å²) in [5.41, 5.74) is 4.51. The summed E-state index contributed by atoms with van der Waals surface area (Å²) in [6.07, 6.45) is 5.05. The van der Waals surface area contributed by atoms with Gasteiger partial charge < -0.3 is 0 Å². The molecule has 0 aliphatic carbocycles. The number of aromatic nitrogens is 1. The lowest BCUT2D eigenvalue weighted by Gasteiger charge is -2.23. The van der Waals surface area contributed by atoms with E-state index in [1.807, 2.05) is 17.6 Å². The van der Waals surface area contributed by atoms with E-state index in [2.05, 4.69) is 55.5 Å². The third-order valence-electron chi connectivity index (χ3n) is 3.53. The topological polar surface area (TPSA) is 34.1 Å². The maximum absolute atomic E-state index is 6.07. The molecule has 4 heteroatoms. The summed E-state index contributed by atoms with van der Waals surface area (Å²) in [5.74, 6) is 0.589. The molecule has 1 heterocycles. The number of benzene rings is 1. The van der Waals surface area contributed by atoms with Gasteiger partial charge in [0.25, 0.3) is 0 Å². The van der Waals surface area contributed by atoms with Gasteiger partial charge in [0.05, 0.1) is 6.04 Å². The molecule has 22 heavy (non-hydrogen) atoms. The van der Waals surface area contributed by atoms with Gasteiger partial charge in [-0.15, -0.1) is 11.3 Å². The van der Waals surface area contributed by atoms with Gasteiger partial charge in [-0.05, 0) is 24.3 Å². The maximum Gasteiger partial charge on any atom is 0.112 e. The lowest BCUT2D eigenvalue weighted by Crippen LogP contribution is -2.25. The molecule has 3 nitrogen and oxygen atoms in total. The minimum absolute atomic E-state index is 0.0841. The summed E-state index contributed by atoms with van der Waals surface area (Å²) in [5, 5.41) is 3.11. The number of nitrogens with zero attached hydrogens (tertiary/aromatic N) is 1. The lowest BCUT2D eigenvalue weighted by atomic mass is 10.0. The molecule has 2 aromatic rings. The highest BCUT2D eigenvalue weighted by Gasteiger charge is 2.19. The van der Waals surface area contributed by atoms with Crippen LogP contribution in [0.4, 0.5) is 0 Å². The smallest absolute Gasteiger partial charge is 0.112 e. The number of nitrogens with one attached hydrogen (secondary N) is 1. The zero-order valence-electron chi connectivity index (χ0n) is 13.7. The normalized spacial score (nSPS) is 14.2. The van der Waals surface area contributed by atoms with Crippen LogP contribution in [0.15, 0.2) is 41.9 Å². The van der Waals surface area contributed by atoms with Crippen LogP contribution in [0.5, 0.6) is 0 Å². The van der Waals surface area contributed by atoms with Crippen LogP contribution in [-0.4, -0.2) is 4.98 Å². The van der Waals surface area contributed by atoms with E-state index >= 15 is 0 Å². The van der Waals surface area contributed by atoms with Crippen molar-refractivity contribution in [2.24, 2.45) is 5.92 Å². The molecule has 0 saturated carbocycles. The molecule has 0 aliphatic rings. The van der Waals surface area contributed by atoms with Gasteiger partial charge in [-0.2, -0.15) is 5.48 Å². The standard InChI is InChI=1S/C18H26N2OS/c1-4-8-17(15-9-6-5-7-10-15)21-20-16(13-14(2)3)18-19-11-12-22-18/h5-7,9-12,14,16-17,20H,4,8,13H2,1-3H3/t16-,17-/m1/s1. The van der Waals surface area contributed by atoms with Crippen LogP contribution < -0.4 is 5.48 Å². The van der Waals surface area contributed by atoms with Crippen LogP contribution in [0.25, 0.3) is 0 Å². The van der Waals surface area contributed by atoms with Crippen molar-refractivity contribution in [3.63, 3.8) is 0 Å². The minimum Gasteiger partial charge on any atom is -0.293 e. The first-order valence-electron chi connectivity index (χ1n) is 8.06. The first-order valence-corrected chi connectivity index (χ1v) is 8.94. The number of thiazole rings is 1. The highest BCUT2D eigenvalue weighted by atomic mass is 32.1. The molecule has 1 aromatic carbocycles. The second kappa shape index (κ2) is 9.03. The van der Waals surface area contributed by atoms with Crippen molar-refractivity contribution < 1.29 is 4.84 Å². The molecule has 0 unspecified atom stereocenters. The SMILES string of the molecule is CCC[C@@H](ON[C@H](CC(C)C)c1nccs1)c1ccccc1. The van der Waals surface area contributed by atoms with Gasteiger partial charge in [0.2, 0.25) is 0 Å². The fraction of sp³-hybridized carbons (Fsp3) is 0.500. The van der Waals surface area contributed by atoms with Crippen molar-refractivity contribution in [1.82, 2.24) is 10.5 Å². The minimum atomic E-state index is 0.0841. The van der Waals surface area contributed by atoms with Crippen LogP contribution in [0.1, 0.15) is 62.8 Å². The Labute approximate surface area is 137 Å². The van der Waals surface area contributed by atoms with Gasteiger partial charge >= 0.3 is 0 Å². The van der Waals surface area contributed by atoms with Gasteiger partial charge in [0, 0.05) is 11.6 Å². The molecule has 0 aliphatic heterocycles. The maximum atomic E-state index is 6.07. The Morgan fingerprint density at radius 2 is 2.00 bits per heavy atom. The number of hydroxylamine groups is 1. The second-order valence-corrected chi connectivity index (χ2v) is 6.90. The summed E-state index contributed by atoms with van der Waals surface area (Å²) in [7, 11) is 0. The molecule has 2 atom stereocenters. The van der Waals surface area contributed by atoms with Crippen LogP contribution >= 0.6 is 11.3 Å². The highest BCUT2D eigenvalue weighted by Crippen LogP contribution is 2.26. The lowest BCUT2D eigenvalue weighted by molar-refractivity contribution is -0.0539. The molecule has 120 valence electrons. The largest absolute Gasteiger partial charge is 0.293 e. The highest BCUT2D eigenvalue weighted by molar-refractivity contribution is 7.09. The molecule has 2 rings (SSSR count). The molecule has 0 amide bonds. The molecule has 0 spiro atoms. The average molecular weight is 318 g/mol. The predicted octanol–water partition coefficient (Wildman–Crippen LogP) is 5.29. The van der Waals surface area contributed by atoms with Gasteiger partial charge in [0.1, 0.15) is 11.1 Å². The van der Waals surface area contributed by atoms with Gasteiger partial charge in [-0.3, -0.25) is 4.84 Å². The third-order valence-corrected chi connectivity index (χ3v) is 4.42. The molecular formula is C18H26N2OS. The molecule has 0 fully saturated rings. The Kier molecular flexibility index (Phi) is 7.03. The van der Waals surface area contributed by atoms with Crippen LogP contribution in [-0.2, 0) is 4.84 Å². The van der Waals surface area contributed by atoms with E-state index < -0.39 is 0 Å². The number of rotatable bonds is 9. The van der Waals surface area contributed by atoms with Crippen molar-refractivity contribution in [3.05, 3.63) is 52.5 Å². The Balaban J connectivity index is 2.02. The van der Waals surface area contributed by atoms with E-state index in [9.17, 15) is 0 Å². The first kappa shape index (κ1) is 17.1. The van der Waals surface area contributed by atoms with Crippen molar-refractivity contribution in [2.45, 2.75) is 52.2 Å². The Morgan fingerprint density at radius 3 is 2.59 bits per heavy atom. The fourth-order valence-electron chi connectivity index (χ4n) is 2.47. The monoisotopic (exact) mass is 318 g/mol. The Hall–Kier alpha value is -1.23. The quantitative estimate of drug-likeness (QED) is 0.638. The van der Waals surface area contributed by atoms with Crippen LogP contribution in [0, 0.1) is 5.92 Å². The van der Waals surface area contributed by atoms with E-state index in [0.29, 0.717) is 5.92 Å². The summed E-state index contributed by atoms with van der Waals surface area (Å²) in [4.78, 5) is 10.5. The van der Waals surface area contributed by atoms with E-state index in [4.69, 9.17) is 4.84 Å². The third kappa shape index (κ3) is 5.20. The molecule has 0 saturated heterocycles. The summed E-state index contributed by atoms with van der Waals surface area (Å²) in [6, 6.07) is 10.6. The summed E-state index contributed by atoms with van der Waals surface area (Å²) < 4.78 is 0. The molecule has 0 radical (unpaired) electrons. The van der Waals surface area contributed by atoms with Gasteiger partial charge in [0.15, 0.2) is 0 Å². The van der Waals surface area contributed by atoms with E-state index in [-0.39, 0.29) is 12.1 Å². The van der Waals surface area contributed by atoms with Crippen molar-refractivity contribution in [1.29, 1.82) is 0 Å². The van der Waals surface area contributed by atoms with Crippen molar-refractivity contribution in [3.8, 4) is 0 Å². The van der Waals surface area contributed by atoms with Crippen LogP contribution in [0.3, 0.4) is 0 Å². The van der Waals surface area contributed by atoms with Crippen LogP contribution in [0.2, 0.25) is 0 Å². The van der Waals surface area contributed by atoms with E-state index in [1.165, 1.54) is 5.56 Å². The Bertz CT molecular complexity index is 511. The zero-order valence-corrected chi connectivity index (χ0v) is 14.5. The van der Waals surface area contributed by atoms with Gasteiger partial charge in [-0.25, -0.2) is 4.98 Å². The predicted molar refractivity (Wildman–Crippen MR) is 92.6 cm³/mol. The summed E-state index contributed by atoms with van der Waals surface area (Å²) >= 11 is 1.68. The summed E-state index contributed by atoms with van der Waals surface area (Å²) in [6.45, 7) is 6.64. The molecule has 0 bridgehead atoms. The number of hydrogen-bond acceptors (Lipinski definition) is 4. The molecule has 1 N–H and O–H groups in total. The molecule has 1 aromatic heterocycles. The second-order valence-electron chi connectivity index (χ2n) is 5.98. The zero-order chi connectivity index (χ0) is 15.8. The van der Waals surface area contributed by atoms with Crippen molar-refractivity contribution >= 4 is 11.3 Å². The Morgan fingerprint density at radius 1 is 1.23 bits per heavy atom. The van der Waals surface area contributed by atoms with Crippen molar-refractivity contribution in [2.75, 3.05) is 0 Å². The average Bonchev–Trinajstić information content (AvgIpc) is 3.05.